The predicted molar refractivity (Wildman–Crippen MR) is 187 cm³/mol. The topological polar surface area (TPSA) is 105 Å². The Hall–Kier alpha value is -4.35. The average molecular weight is 723 g/mol. The maximum Gasteiger partial charge on any atom is 0.264 e. The number of benzene rings is 4. The van der Waals surface area contributed by atoms with Gasteiger partial charge in [-0.05, 0) is 53.9 Å². The van der Waals surface area contributed by atoms with Crippen LogP contribution in [0.25, 0.3) is 0 Å². The van der Waals surface area contributed by atoms with Crippen LogP contribution in [0.2, 0.25) is 0 Å². The Balaban J connectivity index is 1.84. The molecule has 0 spiro atoms. The van der Waals surface area contributed by atoms with Crippen LogP contribution in [-0.2, 0) is 32.6 Å². The lowest BCUT2D eigenvalue weighted by Gasteiger charge is -2.34. The molecule has 0 heterocycles. The van der Waals surface area contributed by atoms with Crippen molar-refractivity contribution >= 4 is 43.5 Å². The van der Waals surface area contributed by atoms with Gasteiger partial charge in [0.1, 0.15) is 24.1 Å². The van der Waals surface area contributed by atoms with Gasteiger partial charge in [-0.15, -0.1) is 0 Å². The van der Waals surface area contributed by atoms with E-state index >= 15 is 0 Å². The molecule has 0 bridgehead atoms. The van der Waals surface area contributed by atoms with Crippen molar-refractivity contribution < 1.29 is 27.5 Å². The Morgan fingerprint density at radius 2 is 1.51 bits per heavy atom. The molecular weight excluding hydrogens is 682 g/mol. The van der Waals surface area contributed by atoms with E-state index in [0.29, 0.717) is 12.3 Å². The number of anilines is 1. The Morgan fingerprint density at radius 1 is 0.851 bits per heavy atom. The van der Waals surface area contributed by atoms with Crippen LogP contribution in [0, 0.1) is 0 Å². The molecule has 4 aromatic rings. The number of nitrogens with one attached hydrogen (secondary N) is 1. The third kappa shape index (κ3) is 9.36. The average Bonchev–Trinajstić information content (AvgIpc) is 3.10. The van der Waals surface area contributed by atoms with Crippen LogP contribution in [-0.4, -0.2) is 58.5 Å². The number of ether oxygens (including phenoxy) is 2. The summed E-state index contributed by atoms with van der Waals surface area (Å²) in [5, 5.41) is 3.00. The molecule has 0 aliphatic carbocycles. The Morgan fingerprint density at radius 3 is 2.13 bits per heavy atom. The molecule has 9 nitrogen and oxygen atoms in total. The van der Waals surface area contributed by atoms with Gasteiger partial charge >= 0.3 is 0 Å². The van der Waals surface area contributed by atoms with Crippen LogP contribution < -0.4 is 19.1 Å². The highest BCUT2D eigenvalue weighted by Crippen LogP contribution is 2.36. The zero-order chi connectivity index (χ0) is 33.8. The number of rotatable bonds is 16. The van der Waals surface area contributed by atoms with Crippen LogP contribution in [0.5, 0.6) is 11.5 Å². The van der Waals surface area contributed by atoms with Crippen molar-refractivity contribution in [3.63, 3.8) is 0 Å². The third-order valence-electron chi connectivity index (χ3n) is 7.63. The fourth-order valence-corrected chi connectivity index (χ4v) is 6.77. The number of hydrogen-bond acceptors (Lipinski definition) is 6. The van der Waals surface area contributed by atoms with Crippen molar-refractivity contribution in [2.24, 2.45) is 0 Å². The number of sulfonamides is 1. The van der Waals surface area contributed by atoms with Crippen LogP contribution in [0.15, 0.2) is 112 Å². The van der Waals surface area contributed by atoms with Gasteiger partial charge in [-0.25, -0.2) is 8.42 Å². The minimum atomic E-state index is -4.30. The Kier molecular flexibility index (Phi) is 12.8. The smallest absolute Gasteiger partial charge is 0.264 e. The van der Waals surface area contributed by atoms with Gasteiger partial charge in [0.05, 0.1) is 24.8 Å². The monoisotopic (exact) mass is 721 g/mol. The summed E-state index contributed by atoms with van der Waals surface area (Å²) in [7, 11) is -1.40. The molecule has 0 saturated heterocycles. The molecule has 0 aromatic heterocycles. The van der Waals surface area contributed by atoms with E-state index in [-0.39, 0.29) is 35.2 Å². The van der Waals surface area contributed by atoms with Crippen molar-refractivity contribution in [1.82, 2.24) is 10.2 Å². The largest absolute Gasteiger partial charge is 0.497 e. The van der Waals surface area contributed by atoms with Crippen molar-refractivity contribution in [2.75, 3.05) is 31.6 Å². The van der Waals surface area contributed by atoms with E-state index in [1.165, 1.54) is 37.3 Å². The predicted octanol–water partition coefficient (Wildman–Crippen LogP) is 6.22. The molecule has 0 aliphatic heterocycles. The summed E-state index contributed by atoms with van der Waals surface area (Å²) >= 11 is 3.46. The van der Waals surface area contributed by atoms with Crippen LogP contribution >= 0.6 is 15.9 Å². The minimum absolute atomic E-state index is 0.00437. The van der Waals surface area contributed by atoms with E-state index in [9.17, 15) is 18.0 Å². The molecule has 1 N–H and O–H groups in total. The van der Waals surface area contributed by atoms with E-state index in [0.717, 1.165) is 32.7 Å². The standard InChI is InChI=1S/C36H40BrN3O6S/c1-4-5-22-38-36(42)33(23-27-12-8-6-9-13-27)39(25-28-16-18-29(37)19-17-28)35(41)26-40(47(43,44)31-14-10-7-11-15-31)32-24-30(45-2)20-21-34(32)46-3/h6-21,24,33H,4-5,22-23,25-26H2,1-3H3,(H,38,42)/t33-/m0/s1. The number of carbonyl (C=O) groups is 2. The molecule has 4 aromatic carbocycles. The lowest BCUT2D eigenvalue weighted by atomic mass is 10.0. The maximum atomic E-state index is 14.7. The van der Waals surface area contributed by atoms with Gasteiger partial charge in [0.15, 0.2) is 0 Å². The Labute approximate surface area is 285 Å². The molecule has 0 saturated carbocycles. The van der Waals surface area contributed by atoms with E-state index < -0.39 is 28.5 Å². The number of unbranched alkanes of at least 4 members (excludes halogenated alkanes) is 1. The molecule has 47 heavy (non-hydrogen) atoms. The second-order valence-corrected chi connectivity index (χ2v) is 13.6. The van der Waals surface area contributed by atoms with Crippen molar-refractivity contribution in [3.05, 3.63) is 119 Å². The zero-order valence-corrected chi connectivity index (χ0v) is 29.2. The van der Waals surface area contributed by atoms with E-state index in [1.54, 1.807) is 30.3 Å². The summed E-state index contributed by atoms with van der Waals surface area (Å²) in [4.78, 5) is 30.0. The molecule has 0 aliphatic rings. The van der Waals surface area contributed by atoms with Gasteiger partial charge in [-0.3, -0.25) is 13.9 Å². The molecule has 11 heteroatoms. The van der Waals surface area contributed by atoms with E-state index in [4.69, 9.17) is 9.47 Å². The van der Waals surface area contributed by atoms with Gasteiger partial charge in [-0.1, -0.05) is 89.9 Å². The van der Waals surface area contributed by atoms with Crippen LogP contribution in [0.1, 0.15) is 30.9 Å². The SMILES string of the molecule is CCCCNC(=O)[C@H](Cc1ccccc1)N(Cc1ccc(Br)cc1)C(=O)CN(c1cc(OC)ccc1OC)S(=O)(=O)c1ccccc1. The molecule has 0 unspecified atom stereocenters. The summed E-state index contributed by atoms with van der Waals surface area (Å²) < 4.78 is 41.5. The second-order valence-electron chi connectivity index (χ2n) is 10.9. The quantitative estimate of drug-likeness (QED) is 0.138. The lowest BCUT2D eigenvalue weighted by molar-refractivity contribution is -0.140. The van der Waals surface area contributed by atoms with Crippen molar-refractivity contribution in [2.45, 2.75) is 43.7 Å². The molecule has 0 fully saturated rings. The number of halogens is 1. The summed E-state index contributed by atoms with van der Waals surface area (Å²) in [5.41, 5.74) is 1.76. The lowest BCUT2D eigenvalue weighted by Crippen LogP contribution is -2.53. The molecule has 4 rings (SSSR count). The summed E-state index contributed by atoms with van der Waals surface area (Å²) in [5.74, 6) is -0.269. The zero-order valence-electron chi connectivity index (χ0n) is 26.8. The highest BCUT2D eigenvalue weighted by Gasteiger charge is 2.35. The molecule has 2 amide bonds. The first-order valence-electron chi connectivity index (χ1n) is 15.3. The number of hydrogen-bond donors (Lipinski definition) is 1. The number of amides is 2. The first-order valence-corrected chi connectivity index (χ1v) is 17.6. The fourth-order valence-electron chi connectivity index (χ4n) is 5.07. The Bertz CT molecular complexity index is 1720. The molecule has 1 atom stereocenters. The van der Waals surface area contributed by atoms with Gasteiger partial charge in [0.2, 0.25) is 11.8 Å². The number of carbonyl (C=O) groups excluding carboxylic acids is 2. The van der Waals surface area contributed by atoms with Gasteiger partial charge in [0.25, 0.3) is 10.0 Å². The normalized spacial score (nSPS) is 11.7. The van der Waals surface area contributed by atoms with Gasteiger partial charge < -0.3 is 19.7 Å². The fraction of sp³-hybridized carbons (Fsp3) is 0.278. The second kappa shape index (κ2) is 17.0. The van der Waals surface area contributed by atoms with Gasteiger partial charge in [0, 0.05) is 30.0 Å². The highest BCUT2D eigenvalue weighted by atomic mass is 79.9. The molecule has 0 radical (unpaired) electrons. The van der Waals surface area contributed by atoms with Crippen LogP contribution in [0.3, 0.4) is 0 Å². The van der Waals surface area contributed by atoms with Gasteiger partial charge in [-0.2, -0.15) is 0 Å². The minimum Gasteiger partial charge on any atom is -0.497 e. The maximum absolute atomic E-state index is 14.7. The first kappa shape index (κ1) is 35.5. The summed E-state index contributed by atoms with van der Waals surface area (Å²) in [6.07, 6.45) is 1.90. The summed E-state index contributed by atoms with van der Waals surface area (Å²) in [6.45, 7) is 1.95. The number of nitrogens with zero attached hydrogens (tertiary/aromatic N) is 2. The third-order valence-corrected chi connectivity index (χ3v) is 9.93. The molecule has 248 valence electrons. The summed E-state index contributed by atoms with van der Waals surface area (Å²) in [6, 6.07) is 28.6. The van der Waals surface area contributed by atoms with Crippen molar-refractivity contribution in [1.29, 1.82) is 0 Å². The van der Waals surface area contributed by atoms with Crippen LogP contribution in [0.4, 0.5) is 5.69 Å². The van der Waals surface area contributed by atoms with Crippen molar-refractivity contribution in [3.8, 4) is 11.5 Å². The van der Waals surface area contributed by atoms with E-state index in [2.05, 4.69) is 21.2 Å². The van der Waals surface area contributed by atoms with E-state index in [1.807, 2.05) is 61.5 Å². The first-order chi connectivity index (χ1) is 22.7. The molecular formula is C36H40BrN3O6S. The highest BCUT2D eigenvalue weighted by molar-refractivity contribution is 9.10. The number of methoxy groups -OCH3 is 2.